The third kappa shape index (κ3) is 3.29. The van der Waals surface area contributed by atoms with Crippen LogP contribution < -0.4 is 0 Å². The molecule has 2 rings (SSSR count). The van der Waals surface area contributed by atoms with E-state index in [-0.39, 0.29) is 17.8 Å². The molecule has 0 bridgehead atoms. The van der Waals surface area contributed by atoms with Crippen molar-refractivity contribution in [2.24, 2.45) is 5.92 Å². The molecule has 0 radical (unpaired) electrons. The Morgan fingerprint density at radius 2 is 2.11 bits per heavy atom. The van der Waals surface area contributed by atoms with Gasteiger partial charge in [-0.1, -0.05) is 35.0 Å². The molecule has 4 heteroatoms. The molecule has 0 amide bonds. The van der Waals surface area contributed by atoms with E-state index in [9.17, 15) is 4.79 Å². The number of carbonyl (C=O) groups is 1. The van der Waals surface area contributed by atoms with E-state index in [2.05, 4.69) is 47.1 Å². The number of esters is 1. The Balaban J connectivity index is 2.01. The molecule has 1 aromatic carbocycles. The SMILES string of the molecule is CC1COC(=O)C1c1ccc(SCCCBr)cc1. The highest BCUT2D eigenvalue weighted by atomic mass is 79.9. The second kappa shape index (κ2) is 6.62. The summed E-state index contributed by atoms with van der Waals surface area (Å²) >= 11 is 5.28. The van der Waals surface area contributed by atoms with Crippen molar-refractivity contribution in [3.8, 4) is 0 Å². The van der Waals surface area contributed by atoms with Crippen molar-refractivity contribution < 1.29 is 9.53 Å². The van der Waals surface area contributed by atoms with Crippen LogP contribution in [0.3, 0.4) is 0 Å². The zero-order chi connectivity index (χ0) is 13.0. The summed E-state index contributed by atoms with van der Waals surface area (Å²) in [5.74, 6) is 1.24. The molecule has 1 saturated heterocycles. The largest absolute Gasteiger partial charge is 0.465 e. The number of benzene rings is 1. The molecule has 98 valence electrons. The maximum atomic E-state index is 11.6. The number of thioether (sulfide) groups is 1. The van der Waals surface area contributed by atoms with Gasteiger partial charge < -0.3 is 4.74 Å². The van der Waals surface area contributed by atoms with Crippen molar-refractivity contribution in [3.05, 3.63) is 29.8 Å². The first-order valence-electron chi connectivity index (χ1n) is 6.17. The van der Waals surface area contributed by atoms with Gasteiger partial charge >= 0.3 is 5.97 Å². The lowest BCUT2D eigenvalue weighted by Gasteiger charge is -2.11. The molecule has 0 aliphatic carbocycles. The minimum absolute atomic E-state index is 0.0772. The number of ether oxygens (including phenoxy) is 1. The van der Waals surface area contributed by atoms with Crippen molar-refractivity contribution in [2.75, 3.05) is 17.7 Å². The summed E-state index contributed by atoms with van der Waals surface area (Å²) in [6, 6.07) is 8.33. The highest BCUT2D eigenvalue weighted by Gasteiger charge is 2.34. The van der Waals surface area contributed by atoms with Crippen molar-refractivity contribution in [1.82, 2.24) is 0 Å². The molecule has 0 N–H and O–H groups in total. The highest BCUT2D eigenvalue weighted by molar-refractivity contribution is 9.09. The molecule has 1 aromatic rings. The van der Waals surface area contributed by atoms with E-state index in [1.807, 2.05) is 11.8 Å². The Bertz CT molecular complexity index is 405. The Morgan fingerprint density at radius 3 is 2.67 bits per heavy atom. The van der Waals surface area contributed by atoms with Gasteiger partial charge in [0.05, 0.1) is 12.5 Å². The van der Waals surface area contributed by atoms with Crippen molar-refractivity contribution in [2.45, 2.75) is 24.2 Å². The second-order valence-corrected chi connectivity index (χ2v) is 6.51. The lowest BCUT2D eigenvalue weighted by molar-refractivity contribution is -0.139. The van der Waals surface area contributed by atoms with Gasteiger partial charge in [0.25, 0.3) is 0 Å². The van der Waals surface area contributed by atoms with Crippen LogP contribution in [0.4, 0.5) is 0 Å². The number of rotatable bonds is 5. The van der Waals surface area contributed by atoms with Gasteiger partial charge in [-0.3, -0.25) is 4.79 Å². The fourth-order valence-electron chi connectivity index (χ4n) is 2.11. The van der Waals surface area contributed by atoms with Gasteiger partial charge in [0, 0.05) is 16.1 Å². The summed E-state index contributed by atoms with van der Waals surface area (Å²) in [4.78, 5) is 12.9. The first-order valence-corrected chi connectivity index (χ1v) is 8.28. The number of hydrogen-bond acceptors (Lipinski definition) is 3. The molecule has 1 aliphatic heterocycles. The number of alkyl halides is 1. The highest BCUT2D eigenvalue weighted by Crippen LogP contribution is 2.32. The molecule has 2 nitrogen and oxygen atoms in total. The zero-order valence-electron chi connectivity index (χ0n) is 10.4. The number of cyclic esters (lactones) is 1. The van der Waals surface area contributed by atoms with E-state index in [1.165, 1.54) is 11.3 Å². The van der Waals surface area contributed by atoms with Crippen molar-refractivity contribution in [3.63, 3.8) is 0 Å². The predicted molar refractivity (Wildman–Crippen MR) is 78.4 cm³/mol. The first-order chi connectivity index (χ1) is 8.72. The molecule has 2 unspecified atom stereocenters. The van der Waals surface area contributed by atoms with Crippen LogP contribution in [0.2, 0.25) is 0 Å². The van der Waals surface area contributed by atoms with Crippen molar-refractivity contribution in [1.29, 1.82) is 0 Å². The normalized spacial score (nSPS) is 23.1. The lowest BCUT2D eigenvalue weighted by atomic mass is 9.90. The number of carbonyl (C=O) groups excluding carboxylic acids is 1. The molecule has 1 fully saturated rings. The van der Waals surface area contributed by atoms with E-state index in [0.717, 1.165) is 16.6 Å². The maximum absolute atomic E-state index is 11.6. The van der Waals surface area contributed by atoms with Crippen LogP contribution in [0.5, 0.6) is 0 Å². The third-order valence-corrected chi connectivity index (χ3v) is 4.76. The zero-order valence-corrected chi connectivity index (χ0v) is 12.8. The molecule has 18 heavy (non-hydrogen) atoms. The van der Waals surface area contributed by atoms with Crippen LogP contribution in [0.15, 0.2) is 29.2 Å². The Hall–Kier alpha value is -0.480. The number of halogens is 1. The minimum atomic E-state index is -0.0813. The van der Waals surface area contributed by atoms with Crippen LogP contribution in [0.1, 0.15) is 24.8 Å². The summed E-state index contributed by atoms with van der Waals surface area (Å²) in [5, 5.41) is 1.05. The van der Waals surface area contributed by atoms with Gasteiger partial charge in [-0.25, -0.2) is 0 Å². The summed E-state index contributed by atoms with van der Waals surface area (Å²) in [7, 11) is 0. The van der Waals surface area contributed by atoms with Crippen LogP contribution in [-0.4, -0.2) is 23.7 Å². The molecule has 0 spiro atoms. The standard InChI is InChI=1S/C14H17BrO2S/c1-10-9-17-14(16)13(10)11-3-5-12(6-4-11)18-8-2-7-15/h3-6,10,13H,2,7-9H2,1H3. The molecule has 0 saturated carbocycles. The Labute approximate surface area is 121 Å². The van der Waals surface area contributed by atoms with Crippen LogP contribution in [0.25, 0.3) is 0 Å². The molecule has 1 heterocycles. The predicted octanol–water partition coefficient (Wildman–Crippen LogP) is 3.84. The molecule has 1 aliphatic rings. The quantitative estimate of drug-likeness (QED) is 0.355. The summed E-state index contributed by atoms with van der Waals surface area (Å²) in [6.07, 6.45) is 1.17. The van der Waals surface area contributed by atoms with Gasteiger partial charge in [0.2, 0.25) is 0 Å². The van der Waals surface area contributed by atoms with Crippen LogP contribution >= 0.6 is 27.7 Å². The second-order valence-electron chi connectivity index (χ2n) is 4.55. The van der Waals surface area contributed by atoms with E-state index in [1.54, 1.807) is 0 Å². The molecular formula is C14H17BrO2S. The van der Waals surface area contributed by atoms with Crippen LogP contribution in [0, 0.1) is 5.92 Å². The summed E-state index contributed by atoms with van der Waals surface area (Å²) in [5.41, 5.74) is 1.08. The minimum Gasteiger partial charge on any atom is -0.465 e. The van der Waals surface area contributed by atoms with Crippen molar-refractivity contribution >= 4 is 33.7 Å². The molecular weight excluding hydrogens is 312 g/mol. The Kier molecular flexibility index (Phi) is 5.13. The summed E-state index contributed by atoms with van der Waals surface area (Å²) in [6.45, 7) is 2.61. The smallest absolute Gasteiger partial charge is 0.313 e. The average Bonchev–Trinajstić information content (AvgIpc) is 2.71. The topological polar surface area (TPSA) is 26.3 Å². The van der Waals surface area contributed by atoms with Crippen LogP contribution in [-0.2, 0) is 9.53 Å². The average molecular weight is 329 g/mol. The Morgan fingerprint density at radius 1 is 1.39 bits per heavy atom. The number of hydrogen-bond donors (Lipinski definition) is 0. The fourth-order valence-corrected chi connectivity index (χ4v) is 3.62. The monoisotopic (exact) mass is 328 g/mol. The van der Waals surface area contributed by atoms with E-state index in [4.69, 9.17) is 4.74 Å². The van der Waals surface area contributed by atoms with Gasteiger partial charge in [0.15, 0.2) is 0 Å². The maximum Gasteiger partial charge on any atom is 0.313 e. The molecule has 2 atom stereocenters. The van der Waals surface area contributed by atoms with Gasteiger partial charge in [-0.05, 0) is 29.9 Å². The first kappa shape index (κ1) is 13.9. The van der Waals surface area contributed by atoms with E-state index in [0.29, 0.717) is 6.61 Å². The molecule has 0 aromatic heterocycles. The van der Waals surface area contributed by atoms with E-state index >= 15 is 0 Å². The summed E-state index contributed by atoms with van der Waals surface area (Å²) < 4.78 is 5.09. The van der Waals surface area contributed by atoms with Gasteiger partial charge in [-0.2, -0.15) is 0 Å². The van der Waals surface area contributed by atoms with Gasteiger partial charge in [0.1, 0.15) is 0 Å². The third-order valence-electron chi connectivity index (χ3n) is 3.10. The lowest BCUT2D eigenvalue weighted by Crippen LogP contribution is -2.10. The van der Waals surface area contributed by atoms with E-state index < -0.39 is 0 Å². The fraction of sp³-hybridized carbons (Fsp3) is 0.500. The van der Waals surface area contributed by atoms with Gasteiger partial charge in [-0.15, -0.1) is 11.8 Å².